The van der Waals surface area contributed by atoms with E-state index in [2.05, 4.69) is 10.1 Å². The van der Waals surface area contributed by atoms with E-state index in [1.54, 1.807) is 0 Å². The summed E-state index contributed by atoms with van der Waals surface area (Å²) in [6, 6.07) is 0. The maximum Gasteiger partial charge on any atom is 0.238 e. The molecule has 14 heavy (non-hydrogen) atoms. The highest BCUT2D eigenvalue weighted by Crippen LogP contribution is 2.02. The van der Waals surface area contributed by atoms with Gasteiger partial charge in [0.2, 0.25) is 23.4 Å². The van der Waals surface area contributed by atoms with Crippen molar-refractivity contribution >= 4 is 11.7 Å². The molecule has 0 bridgehead atoms. The van der Waals surface area contributed by atoms with Crippen LogP contribution in [0.5, 0.6) is 0 Å². The number of hydrogen-bond acceptors (Lipinski definition) is 5. The SMILES string of the molecule is CCc1nc(C(=O)CCC(N)=O)no1. The van der Waals surface area contributed by atoms with Gasteiger partial charge in [0.15, 0.2) is 0 Å². The van der Waals surface area contributed by atoms with Crippen LogP contribution in [0.2, 0.25) is 0 Å². The fourth-order valence-electron chi connectivity index (χ4n) is 0.860. The van der Waals surface area contributed by atoms with E-state index < -0.39 is 5.91 Å². The molecule has 0 radical (unpaired) electrons. The van der Waals surface area contributed by atoms with Gasteiger partial charge in [-0.05, 0) is 0 Å². The molecule has 0 aliphatic carbocycles. The number of hydrogen-bond donors (Lipinski definition) is 1. The number of amides is 1. The molecule has 6 nitrogen and oxygen atoms in total. The van der Waals surface area contributed by atoms with E-state index in [9.17, 15) is 9.59 Å². The summed E-state index contributed by atoms with van der Waals surface area (Å²) in [4.78, 5) is 25.5. The Hall–Kier alpha value is -1.72. The lowest BCUT2D eigenvalue weighted by Crippen LogP contribution is -2.13. The second-order valence-electron chi connectivity index (χ2n) is 2.75. The third-order valence-corrected chi connectivity index (χ3v) is 1.62. The highest BCUT2D eigenvalue weighted by atomic mass is 16.5. The molecule has 6 heteroatoms. The van der Waals surface area contributed by atoms with E-state index in [4.69, 9.17) is 10.3 Å². The van der Waals surface area contributed by atoms with Crippen molar-refractivity contribution in [1.82, 2.24) is 10.1 Å². The predicted octanol–water partition coefficient (Wildman–Crippen LogP) is 0.0802. The molecule has 0 fully saturated rings. The molecule has 0 unspecified atom stereocenters. The van der Waals surface area contributed by atoms with E-state index >= 15 is 0 Å². The van der Waals surface area contributed by atoms with Gasteiger partial charge in [0.1, 0.15) is 0 Å². The number of Topliss-reactive ketones (excluding diaryl/α,β-unsaturated/α-hetero) is 1. The average molecular weight is 197 g/mol. The Kier molecular flexibility index (Phi) is 3.33. The van der Waals surface area contributed by atoms with Gasteiger partial charge in [-0.3, -0.25) is 9.59 Å². The number of ketones is 1. The number of carbonyl (C=O) groups is 2. The van der Waals surface area contributed by atoms with Crippen LogP contribution in [0.15, 0.2) is 4.52 Å². The monoisotopic (exact) mass is 197 g/mol. The lowest BCUT2D eigenvalue weighted by atomic mass is 10.2. The highest BCUT2D eigenvalue weighted by molar-refractivity contribution is 5.94. The Balaban J connectivity index is 2.56. The average Bonchev–Trinajstić information content (AvgIpc) is 2.62. The first-order valence-electron chi connectivity index (χ1n) is 4.27. The number of carbonyl (C=O) groups excluding carboxylic acids is 2. The predicted molar refractivity (Wildman–Crippen MR) is 46.4 cm³/mol. The van der Waals surface area contributed by atoms with Crippen molar-refractivity contribution in [2.45, 2.75) is 26.2 Å². The molecule has 0 spiro atoms. The van der Waals surface area contributed by atoms with Crippen molar-refractivity contribution in [3.8, 4) is 0 Å². The molecule has 1 amide bonds. The minimum atomic E-state index is -0.516. The largest absolute Gasteiger partial charge is 0.370 e. The topological polar surface area (TPSA) is 99.1 Å². The summed E-state index contributed by atoms with van der Waals surface area (Å²) in [5.74, 6) is -0.416. The van der Waals surface area contributed by atoms with Gasteiger partial charge in [-0.25, -0.2) is 0 Å². The number of aromatic nitrogens is 2. The van der Waals surface area contributed by atoms with Crippen LogP contribution in [0.3, 0.4) is 0 Å². The van der Waals surface area contributed by atoms with Gasteiger partial charge in [0.25, 0.3) is 0 Å². The van der Waals surface area contributed by atoms with Crippen LogP contribution in [-0.2, 0) is 11.2 Å². The fraction of sp³-hybridized carbons (Fsp3) is 0.500. The molecular weight excluding hydrogens is 186 g/mol. The molecule has 76 valence electrons. The minimum Gasteiger partial charge on any atom is -0.370 e. The molecule has 2 N–H and O–H groups in total. The lowest BCUT2D eigenvalue weighted by Gasteiger charge is -1.90. The first-order valence-corrected chi connectivity index (χ1v) is 4.27. The van der Waals surface area contributed by atoms with Crippen molar-refractivity contribution in [1.29, 1.82) is 0 Å². The van der Waals surface area contributed by atoms with Gasteiger partial charge in [0.05, 0.1) is 0 Å². The smallest absolute Gasteiger partial charge is 0.238 e. The van der Waals surface area contributed by atoms with Crippen molar-refractivity contribution in [2.24, 2.45) is 5.73 Å². The van der Waals surface area contributed by atoms with Crippen LogP contribution in [0.1, 0.15) is 36.3 Å². The number of aryl methyl sites for hydroxylation is 1. The third kappa shape index (κ3) is 2.65. The van der Waals surface area contributed by atoms with E-state index in [0.29, 0.717) is 12.3 Å². The summed E-state index contributed by atoms with van der Waals surface area (Å²) in [5, 5.41) is 3.48. The summed E-state index contributed by atoms with van der Waals surface area (Å²) in [7, 11) is 0. The maximum atomic E-state index is 11.3. The van der Waals surface area contributed by atoms with Gasteiger partial charge in [-0.2, -0.15) is 4.98 Å². The molecule has 1 heterocycles. The molecule has 0 saturated carbocycles. The molecule has 0 aliphatic heterocycles. The van der Waals surface area contributed by atoms with Gasteiger partial charge >= 0.3 is 0 Å². The highest BCUT2D eigenvalue weighted by Gasteiger charge is 2.14. The third-order valence-electron chi connectivity index (χ3n) is 1.62. The molecule has 0 atom stereocenters. The second kappa shape index (κ2) is 4.50. The molecule has 1 rings (SSSR count). The van der Waals surface area contributed by atoms with Gasteiger partial charge in [-0.1, -0.05) is 12.1 Å². The summed E-state index contributed by atoms with van der Waals surface area (Å²) < 4.78 is 4.74. The standard InChI is InChI=1S/C8H11N3O3/c1-2-7-10-8(11-14-7)5(12)3-4-6(9)13/h2-4H2,1H3,(H2,9,13). The molecule has 1 aromatic rings. The van der Waals surface area contributed by atoms with E-state index in [-0.39, 0.29) is 24.4 Å². The molecule has 0 saturated heterocycles. The fourth-order valence-corrected chi connectivity index (χ4v) is 0.860. The zero-order valence-corrected chi connectivity index (χ0v) is 7.82. The number of rotatable bonds is 5. The Morgan fingerprint density at radius 2 is 2.14 bits per heavy atom. The van der Waals surface area contributed by atoms with E-state index in [1.165, 1.54) is 0 Å². The summed E-state index contributed by atoms with van der Waals surface area (Å²) in [6.07, 6.45) is 0.614. The summed E-state index contributed by atoms with van der Waals surface area (Å²) in [6.45, 7) is 1.84. The van der Waals surface area contributed by atoms with Crippen LogP contribution in [0, 0.1) is 0 Å². The van der Waals surface area contributed by atoms with E-state index in [0.717, 1.165) is 0 Å². The van der Waals surface area contributed by atoms with Gasteiger partial charge < -0.3 is 10.3 Å². The Labute approximate surface area is 80.5 Å². The van der Waals surface area contributed by atoms with Gasteiger partial charge in [0, 0.05) is 19.3 Å². The maximum absolute atomic E-state index is 11.3. The van der Waals surface area contributed by atoms with Crippen LogP contribution in [0.4, 0.5) is 0 Å². The van der Waals surface area contributed by atoms with Crippen molar-refractivity contribution in [3.05, 3.63) is 11.7 Å². The second-order valence-corrected chi connectivity index (χ2v) is 2.75. The lowest BCUT2D eigenvalue weighted by molar-refractivity contribution is -0.118. The van der Waals surface area contributed by atoms with Crippen LogP contribution in [0.25, 0.3) is 0 Å². The number of primary amides is 1. The van der Waals surface area contributed by atoms with Crippen molar-refractivity contribution in [3.63, 3.8) is 0 Å². The number of nitrogens with two attached hydrogens (primary N) is 1. The number of nitrogens with zero attached hydrogens (tertiary/aromatic N) is 2. The molecule has 0 aromatic carbocycles. The van der Waals surface area contributed by atoms with E-state index in [1.807, 2.05) is 6.92 Å². The van der Waals surface area contributed by atoms with Crippen molar-refractivity contribution in [2.75, 3.05) is 0 Å². The molecular formula is C8H11N3O3. The van der Waals surface area contributed by atoms with Crippen LogP contribution in [-0.4, -0.2) is 21.8 Å². The summed E-state index contributed by atoms with van der Waals surface area (Å²) in [5.41, 5.74) is 4.89. The summed E-state index contributed by atoms with van der Waals surface area (Å²) >= 11 is 0. The minimum absolute atomic E-state index is 0.00876. The Morgan fingerprint density at radius 1 is 1.43 bits per heavy atom. The van der Waals surface area contributed by atoms with Crippen LogP contribution >= 0.6 is 0 Å². The molecule has 1 aromatic heterocycles. The zero-order chi connectivity index (χ0) is 10.6. The molecule has 0 aliphatic rings. The van der Waals surface area contributed by atoms with Crippen molar-refractivity contribution < 1.29 is 14.1 Å². The Morgan fingerprint density at radius 3 is 2.64 bits per heavy atom. The first-order chi connectivity index (χ1) is 6.63. The van der Waals surface area contributed by atoms with Gasteiger partial charge in [-0.15, -0.1) is 0 Å². The van der Waals surface area contributed by atoms with Crippen LogP contribution < -0.4 is 5.73 Å². The Bertz CT molecular complexity index is 345. The zero-order valence-electron chi connectivity index (χ0n) is 7.82. The quantitative estimate of drug-likeness (QED) is 0.674. The normalized spacial score (nSPS) is 10.1. The first kappa shape index (κ1) is 10.4.